The van der Waals surface area contributed by atoms with Gasteiger partial charge < -0.3 is 20.4 Å². The van der Waals surface area contributed by atoms with Gasteiger partial charge in [0.1, 0.15) is 0 Å². The summed E-state index contributed by atoms with van der Waals surface area (Å²) in [7, 11) is 8.01. The van der Waals surface area contributed by atoms with E-state index in [1.165, 1.54) is 0 Å². The Morgan fingerprint density at radius 3 is 1.51 bits per heavy atom. The van der Waals surface area contributed by atoms with Gasteiger partial charge in [-0.3, -0.25) is 9.97 Å². The molecule has 0 amide bonds. The van der Waals surface area contributed by atoms with Crippen LogP contribution in [0.5, 0.6) is 0 Å². The molecule has 2 N–H and O–H groups in total. The van der Waals surface area contributed by atoms with E-state index in [9.17, 15) is 0 Å². The van der Waals surface area contributed by atoms with Gasteiger partial charge in [-0.15, -0.1) is 0 Å². The lowest BCUT2D eigenvalue weighted by Gasteiger charge is -2.16. The number of pyridine rings is 2. The molecule has 0 bridgehead atoms. The van der Waals surface area contributed by atoms with E-state index >= 15 is 0 Å². The molecule has 0 aliphatic rings. The van der Waals surface area contributed by atoms with Crippen molar-refractivity contribution in [2.75, 3.05) is 48.6 Å². The number of halogens is 1. The third-order valence-corrected chi connectivity index (χ3v) is 5.69. The smallest absolute Gasteiger partial charge is 0.233 e. The van der Waals surface area contributed by atoms with E-state index < -0.39 is 0 Å². The predicted molar refractivity (Wildman–Crippen MR) is 144 cm³/mol. The van der Waals surface area contributed by atoms with Crippen LogP contribution in [0.15, 0.2) is 60.9 Å². The molecule has 0 aliphatic carbocycles. The summed E-state index contributed by atoms with van der Waals surface area (Å²) >= 11 is 6.23. The molecule has 0 fully saturated rings. The van der Waals surface area contributed by atoms with Crippen molar-refractivity contribution in [3.05, 3.63) is 66.2 Å². The van der Waals surface area contributed by atoms with E-state index in [1.54, 1.807) is 12.4 Å². The lowest BCUT2D eigenvalue weighted by atomic mass is 10.1. The summed E-state index contributed by atoms with van der Waals surface area (Å²) in [6.45, 7) is 0. The average molecular weight is 486 g/mol. The summed E-state index contributed by atoms with van der Waals surface area (Å²) in [6, 6.07) is 15.8. The van der Waals surface area contributed by atoms with Crippen molar-refractivity contribution in [2.24, 2.45) is 0 Å². The number of hydrogen-bond acceptors (Lipinski definition) is 9. The Balaban J connectivity index is 1.45. The SMILES string of the molecule is CN(C)c1ccnc2ccc(Nc3nc(Cl)nc(Nc4ccc5nccc(N(C)C)c5c4)n3)cc12. The maximum absolute atomic E-state index is 6.23. The topological polar surface area (TPSA) is 95.0 Å². The predicted octanol–water partition coefficient (Wildman–Crippen LogP) is 5.24. The molecule has 5 aromatic rings. The maximum Gasteiger partial charge on any atom is 0.233 e. The summed E-state index contributed by atoms with van der Waals surface area (Å²) in [6.07, 6.45) is 3.61. The molecule has 176 valence electrons. The van der Waals surface area contributed by atoms with Crippen molar-refractivity contribution in [1.29, 1.82) is 0 Å². The van der Waals surface area contributed by atoms with Gasteiger partial charge in [-0.1, -0.05) is 0 Å². The van der Waals surface area contributed by atoms with Crippen LogP contribution in [0.2, 0.25) is 5.28 Å². The average Bonchev–Trinajstić information content (AvgIpc) is 2.82. The molecule has 2 aromatic carbocycles. The molecule has 0 saturated carbocycles. The van der Waals surface area contributed by atoms with Crippen LogP contribution >= 0.6 is 11.6 Å². The van der Waals surface area contributed by atoms with Crippen molar-refractivity contribution < 1.29 is 0 Å². The van der Waals surface area contributed by atoms with Crippen molar-refractivity contribution in [3.63, 3.8) is 0 Å². The molecule has 0 aliphatic heterocycles. The molecule has 9 nitrogen and oxygen atoms in total. The first-order chi connectivity index (χ1) is 16.9. The van der Waals surface area contributed by atoms with E-state index in [4.69, 9.17) is 11.6 Å². The molecule has 35 heavy (non-hydrogen) atoms. The van der Waals surface area contributed by atoms with Gasteiger partial charge in [-0.2, -0.15) is 15.0 Å². The van der Waals surface area contributed by atoms with Crippen molar-refractivity contribution in [2.45, 2.75) is 0 Å². The zero-order valence-electron chi connectivity index (χ0n) is 19.8. The molecular weight excluding hydrogens is 462 g/mol. The normalized spacial score (nSPS) is 11.0. The number of fused-ring (bicyclic) bond motifs is 2. The minimum absolute atomic E-state index is 0.0814. The van der Waals surface area contributed by atoms with Gasteiger partial charge in [0.05, 0.1) is 11.0 Å². The Morgan fingerprint density at radius 2 is 1.09 bits per heavy atom. The summed E-state index contributed by atoms with van der Waals surface area (Å²) in [4.78, 5) is 26.0. The van der Waals surface area contributed by atoms with Crippen molar-refractivity contribution >= 4 is 68.1 Å². The molecule has 0 saturated heterocycles. The first-order valence-electron chi connectivity index (χ1n) is 11.0. The zero-order valence-corrected chi connectivity index (χ0v) is 20.5. The number of hydrogen-bond donors (Lipinski definition) is 2. The van der Waals surface area contributed by atoms with Gasteiger partial charge in [0.15, 0.2) is 0 Å². The number of rotatable bonds is 6. The van der Waals surface area contributed by atoms with E-state index in [0.29, 0.717) is 11.9 Å². The number of nitrogens with one attached hydrogen (secondary N) is 2. The minimum atomic E-state index is 0.0814. The van der Waals surface area contributed by atoms with Crippen molar-refractivity contribution in [3.8, 4) is 0 Å². The molecule has 5 rings (SSSR count). The third kappa shape index (κ3) is 4.71. The van der Waals surface area contributed by atoms with Gasteiger partial charge in [-0.05, 0) is 60.1 Å². The third-order valence-electron chi connectivity index (χ3n) is 5.52. The minimum Gasteiger partial charge on any atom is -0.377 e. The van der Waals surface area contributed by atoms with Gasteiger partial charge >= 0.3 is 0 Å². The van der Waals surface area contributed by atoms with E-state index in [0.717, 1.165) is 44.6 Å². The van der Waals surface area contributed by atoms with Crippen LogP contribution in [0.3, 0.4) is 0 Å². The molecular formula is C25H24ClN9. The van der Waals surface area contributed by atoms with Crippen LogP contribution in [0, 0.1) is 0 Å². The van der Waals surface area contributed by atoms with Crippen LogP contribution in [-0.2, 0) is 0 Å². The molecule has 0 atom stereocenters. The molecule has 0 unspecified atom stereocenters. The summed E-state index contributed by atoms with van der Waals surface area (Å²) in [5.74, 6) is 0.664. The van der Waals surface area contributed by atoms with Crippen LogP contribution in [-0.4, -0.2) is 53.1 Å². The number of benzene rings is 2. The zero-order chi connectivity index (χ0) is 24.5. The molecule has 10 heteroatoms. The summed E-state index contributed by atoms with van der Waals surface area (Å²) < 4.78 is 0. The second kappa shape index (κ2) is 9.19. The Hall–Kier alpha value is -4.24. The highest BCUT2D eigenvalue weighted by Crippen LogP contribution is 2.29. The lowest BCUT2D eigenvalue weighted by molar-refractivity contribution is 1.06. The van der Waals surface area contributed by atoms with Gasteiger partial charge in [0, 0.05) is 74.1 Å². The fourth-order valence-electron chi connectivity index (χ4n) is 3.92. The summed E-state index contributed by atoms with van der Waals surface area (Å²) in [5, 5.41) is 8.58. The Kier molecular flexibility index (Phi) is 5.92. The van der Waals surface area contributed by atoms with Gasteiger partial charge in [-0.25, -0.2) is 0 Å². The van der Waals surface area contributed by atoms with Crippen LogP contribution in [0.25, 0.3) is 21.8 Å². The summed E-state index contributed by atoms with van der Waals surface area (Å²) in [5.41, 5.74) is 5.57. The first kappa shape index (κ1) is 22.5. The molecule has 3 heterocycles. The highest BCUT2D eigenvalue weighted by molar-refractivity contribution is 6.28. The Bertz CT molecular complexity index is 1420. The molecule has 0 radical (unpaired) electrons. The fraction of sp³-hybridized carbons (Fsp3) is 0.160. The highest BCUT2D eigenvalue weighted by Gasteiger charge is 2.10. The van der Waals surface area contributed by atoms with Gasteiger partial charge in [0.25, 0.3) is 0 Å². The maximum atomic E-state index is 6.23. The fourth-order valence-corrected chi connectivity index (χ4v) is 4.08. The number of anilines is 6. The van der Waals surface area contributed by atoms with Crippen LogP contribution in [0.1, 0.15) is 0 Å². The standard InChI is InChI=1S/C25H24ClN9/c1-34(2)21-9-11-27-19-7-5-15(13-17(19)21)29-24-31-23(26)32-25(33-24)30-16-6-8-20-18(14-16)22(35(3)4)10-12-28-20/h5-14H,1-4H3,(H2,29,30,31,32,33). The van der Waals surface area contributed by atoms with Crippen LogP contribution < -0.4 is 20.4 Å². The lowest BCUT2D eigenvalue weighted by Crippen LogP contribution is -2.09. The number of aromatic nitrogens is 5. The van der Waals surface area contributed by atoms with Gasteiger partial charge in [0.2, 0.25) is 17.2 Å². The second-order valence-corrected chi connectivity index (χ2v) is 8.75. The Labute approximate surface area is 207 Å². The van der Waals surface area contributed by atoms with E-state index in [-0.39, 0.29) is 5.28 Å². The van der Waals surface area contributed by atoms with Crippen molar-refractivity contribution in [1.82, 2.24) is 24.9 Å². The molecule has 0 spiro atoms. The monoisotopic (exact) mass is 485 g/mol. The molecule has 3 aromatic heterocycles. The van der Waals surface area contributed by atoms with E-state index in [2.05, 4.69) is 45.4 Å². The number of nitrogens with zero attached hydrogens (tertiary/aromatic N) is 7. The van der Waals surface area contributed by atoms with Crippen LogP contribution in [0.4, 0.5) is 34.6 Å². The second-order valence-electron chi connectivity index (χ2n) is 8.41. The first-order valence-corrected chi connectivity index (χ1v) is 11.3. The Morgan fingerprint density at radius 1 is 0.629 bits per heavy atom. The quantitative estimate of drug-likeness (QED) is 0.334. The largest absolute Gasteiger partial charge is 0.377 e. The van der Waals surface area contributed by atoms with E-state index in [1.807, 2.05) is 76.7 Å². The highest BCUT2D eigenvalue weighted by atomic mass is 35.5.